The minimum Gasteiger partial charge on any atom is -0.480 e. The molecule has 0 saturated heterocycles. The van der Waals surface area contributed by atoms with Crippen LogP contribution in [0, 0.1) is 5.82 Å². The van der Waals surface area contributed by atoms with Gasteiger partial charge in [-0.1, -0.05) is 55.5 Å². The quantitative estimate of drug-likeness (QED) is 0.418. The molecule has 1 atom stereocenters. The van der Waals surface area contributed by atoms with E-state index in [4.69, 9.17) is 4.74 Å². The summed E-state index contributed by atoms with van der Waals surface area (Å²) in [6.45, 7) is 2.02. The van der Waals surface area contributed by atoms with Gasteiger partial charge >= 0.3 is 0 Å². The van der Waals surface area contributed by atoms with Gasteiger partial charge in [-0.15, -0.1) is 0 Å². The van der Waals surface area contributed by atoms with Crippen molar-refractivity contribution in [2.24, 2.45) is 0 Å². The predicted molar refractivity (Wildman–Crippen MR) is 122 cm³/mol. The summed E-state index contributed by atoms with van der Waals surface area (Å²) in [7, 11) is 1.51. The number of carbonyl (C=O) groups is 1. The Morgan fingerprint density at radius 2 is 1.62 bits per heavy atom. The average Bonchev–Trinajstić information content (AvgIpc) is 3.24. The maximum Gasteiger partial charge on any atom is 0.259 e. The molecule has 3 aromatic carbocycles. The summed E-state index contributed by atoms with van der Waals surface area (Å²) in [5.74, 6) is -0.348. The van der Waals surface area contributed by atoms with Gasteiger partial charge < -0.3 is 10.1 Å². The number of ether oxygens (including phenoxy) is 1. The van der Waals surface area contributed by atoms with E-state index in [2.05, 4.69) is 10.4 Å². The normalized spacial score (nSPS) is 11.7. The zero-order valence-electron chi connectivity index (χ0n) is 18.0. The summed E-state index contributed by atoms with van der Waals surface area (Å²) in [6, 6.07) is 25.0. The van der Waals surface area contributed by atoms with Gasteiger partial charge in [0, 0.05) is 5.56 Å². The molecule has 0 aliphatic rings. The number of hydrogen-bond donors (Lipinski definition) is 1. The maximum absolute atomic E-state index is 13.6. The number of rotatable bonds is 7. The van der Waals surface area contributed by atoms with Crippen LogP contribution in [-0.4, -0.2) is 22.8 Å². The van der Waals surface area contributed by atoms with Gasteiger partial charge in [0.15, 0.2) is 0 Å². The smallest absolute Gasteiger partial charge is 0.259 e. The fourth-order valence-corrected chi connectivity index (χ4v) is 3.69. The lowest BCUT2D eigenvalue weighted by molar-refractivity contribution is 0.0933. The Balaban J connectivity index is 1.82. The van der Waals surface area contributed by atoms with E-state index < -0.39 is 0 Å². The number of hydrogen-bond acceptors (Lipinski definition) is 3. The molecule has 1 amide bonds. The molecule has 4 rings (SSSR count). The Morgan fingerprint density at radius 3 is 2.22 bits per heavy atom. The van der Waals surface area contributed by atoms with Crippen LogP contribution in [0.1, 0.15) is 35.3 Å². The van der Waals surface area contributed by atoms with E-state index >= 15 is 0 Å². The molecule has 5 nitrogen and oxygen atoms in total. The van der Waals surface area contributed by atoms with Crippen molar-refractivity contribution in [1.29, 1.82) is 0 Å². The van der Waals surface area contributed by atoms with Gasteiger partial charge in [0.1, 0.15) is 17.1 Å². The van der Waals surface area contributed by atoms with Crippen molar-refractivity contribution in [2.75, 3.05) is 7.11 Å². The highest BCUT2D eigenvalue weighted by Crippen LogP contribution is 2.33. The van der Waals surface area contributed by atoms with E-state index in [9.17, 15) is 9.18 Å². The van der Waals surface area contributed by atoms with E-state index in [1.54, 1.807) is 16.8 Å². The molecular weight excluding hydrogens is 405 g/mol. The molecule has 0 spiro atoms. The van der Waals surface area contributed by atoms with Gasteiger partial charge in [0.25, 0.3) is 5.91 Å². The summed E-state index contributed by atoms with van der Waals surface area (Å²) in [5, 5.41) is 7.80. The van der Waals surface area contributed by atoms with E-state index in [1.165, 1.54) is 19.2 Å². The molecule has 0 fully saturated rings. The maximum atomic E-state index is 13.6. The molecule has 162 valence electrons. The van der Waals surface area contributed by atoms with Gasteiger partial charge in [-0.3, -0.25) is 4.79 Å². The molecule has 1 N–H and O–H groups in total. The summed E-state index contributed by atoms with van der Waals surface area (Å²) in [6.07, 6.45) is 0.719. The van der Waals surface area contributed by atoms with Crippen LogP contribution in [-0.2, 0) is 0 Å². The highest BCUT2D eigenvalue weighted by atomic mass is 19.1. The second-order valence-electron chi connectivity index (χ2n) is 7.33. The predicted octanol–water partition coefficient (Wildman–Crippen LogP) is 5.57. The largest absolute Gasteiger partial charge is 0.480 e. The fraction of sp³-hybridized carbons (Fsp3) is 0.154. The highest BCUT2D eigenvalue weighted by molar-refractivity contribution is 6.02. The third kappa shape index (κ3) is 4.25. The van der Waals surface area contributed by atoms with Crippen LogP contribution in [0.15, 0.2) is 84.9 Å². The number of nitrogens with zero attached hydrogens (tertiary/aromatic N) is 2. The van der Waals surface area contributed by atoms with Gasteiger partial charge in [-0.2, -0.15) is 9.78 Å². The molecular formula is C26H24FN3O2. The summed E-state index contributed by atoms with van der Waals surface area (Å²) < 4.78 is 20.8. The first-order valence-electron chi connectivity index (χ1n) is 10.5. The Kier molecular flexibility index (Phi) is 6.31. The average molecular weight is 429 g/mol. The zero-order valence-corrected chi connectivity index (χ0v) is 18.0. The first kappa shape index (κ1) is 21.3. The van der Waals surface area contributed by atoms with Crippen LogP contribution in [0.4, 0.5) is 4.39 Å². The van der Waals surface area contributed by atoms with Crippen LogP contribution in [0.5, 0.6) is 5.88 Å². The first-order chi connectivity index (χ1) is 15.6. The molecule has 0 unspecified atom stereocenters. The van der Waals surface area contributed by atoms with Gasteiger partial charge in [-0.05, 0) is 48.4 Å². The van der Waals surface area contributed by atoms with Crippen LogP contribution in [0.25, 0.3) is 16.9 Å². The van der Waals surface area contributed by atoms with Crippen molar-refractivity contribution in [1.82, 2.24) is 15.1 Å². The van der Waals surface area contributed by atoms with Crippen molar-refractivity contribution in [3.63, 3.8) is 0 Å². The van der Waals surface area contributed by atoms with E-state index in [0.717, 1.165) is 17.7 Å². The molecule has 4 aromatic rings. The molecule has 32 heavy (non-hydrogen) atoms. The van der Waals surface area contributed by atoms with E-state index in [-0.39, 0.29) is 17.8 Å². The van der Waals surface area contributed by atoms with Crippen molar-refractivity contribution in [3.8, 4) is 22.8 Å². The lowest BCUT2D eigenvalue weighted by Crippen LogP contribution is -2.28. The van der Waals surface area contributed by atoms with Gasteiger partial charge in [-0.25, -0.2) is 4.39 Å². The molecule has 0 saturated carbocycles. The summed E-state index contributed by atoms with van der Waals surface area (Å²) in [5.41, 5.74) is 3.11. The van der Waals surface area contributed by atoms with Crippen LogP contribution >= 0.6 is 0 Å². The second-order valence-corrected chi connectivity index (χ2v) is 7.33. The highest BCUT2D eigenvalue weighted by Gasteiger charge is 2.28. The number of carbonyl (C=O) groups excluding carboxylic acids is 1. The van der Waals surface area contributed by atoms with Crippen LogP contribution < -0.4 is 10.1 Å². The van der Waals surface area contributed by atoms with Crippen molar-refractivity contribution in [3.05, 3.63) is 102 Å². The van der Waals surface area contributed by atoms with Crippen LogP contribution in [0.2, 0.25) is 0 Å². The number of methoxy groups -OCH3 is 1. The van der Waals surface area contributed by atoms with E-state index in [0.29, 0.717) is 22.7 Å². The number of nitrogens with one attached hydrogen (secondary N) is 1. The standard InChI is InChI=1S/C26H24FN3O2/c1-3-22(18-10-6-4-7-11-18)28-25(31)23-24(19-14-16-20(27)17-15-19)29-30(26(23)32-2)21-12-8-5-9-13-21/h4-17,22H,3H2,1-2H3,(H,28,31)/t22-/m0/s1. The molecule has 1 aromatic heterocycles. The van der Waals surface area contributed by atoms with Crippen molar-refractivity contribution in [2.45, 2.75) is 19.4 Å². The SMILES string of the molecule is CC[C@H](NC(=O)c1c(-c2ccc(F)cc2)nn(-c2ccccc2)c1OC)c1ccccc1. The number of amides is 1. The lowest BCUT2D eigenvalue weighted by atomic mass is 10.0. The third-order valence-corrected chi connectivity index (χ3v) is 5.30. The fourth-order valence-electron chi connectivity index (χ4n) is 3.69. The molecule has 0 aliphatic heterocycles. The van der Waals surface area contributed by atoms with Crippen LogP contribution in [0.3, 0.4) is 0 Å². The summed E-state index contributed by atoms with van der Waals surface area (Å²) >= 11 is 0. The Bertz CT molecular complexity index is 1190. The van der Waals surface area contributed by atoms with Crippen molar-refractivity contribution < 1.29 is 13.9 Å². The molecule has 6 heteroatoms. The monoisotopic (exact) mass is 429 g/mol. The number of benzene rings is 3. The first-order valence-corrected chi connectivity index (χ1v) is 10.5. The Morgan fingerprint density at radius 1 is 1.00 bits per heavy atom. The second kappa shape index (κ2) is 9.47. The molecule has 1 heterocycles. The molecule has 0 aliphatic carbocycles. The number of halogens is 1. The van der Waals surface area contributed by atoms with E-state index in [1.807, 2.05) is 67.6 Å². The van der Waals surface area contributed by atoms with Crippen molar-refractivity contribution >= 4 is 5.91 Å². The molecule has 0 bridgehead atoms. The Labute approximate surface area is 186 Å². The minimum absolute atomic E-state index is 0.172. The number of para-hydroxylation sites is 1. The minimum atomic E-state index is -0.357. The zero-order chi connectivity index (χ0) is 22.5. The lowest BCUT2D eigenvalue weighted by Gasteiger charge is -2.18. The molecule has 0 radical (unpaired) electrons. The summed E-state index contributed by atoms with van der Waals surface area (Å²) in [4.78, 5) is 13.6. The van der Waals surface area contributed by atoms with Gasteiger partial charge in [0.2, 0.25) is 5.88 Å². The number of aromatic nitrogens is 2. The Hall–Kier alpha value is -3.93. The van der Waals surface area contributed by atoms with Gasteiger partial charge in [0.05, 0.1) is 18.8 Å². The topological polar surface area (TPSA) is 56.2 Å². The third-order valence-electron chi connectivity index (χ3n) is 5.30.